The lowest BCUT2D eigenvalue weighted by molar-refractivity contribution is -0.118. The molecule has 144 valence electrons. The Morgan fingerprint density at radius 2 is 1.86 bits per heavy atom. The number of amides is 1. The van der Waals surface area contributed by atoms with Gasteiger partial charge in [-0.1, -0.05) is 82.9 Å². The van der Waals surface area contributed by atoms with Gasteiger partial charge in [-0.15, -0.1) is 10.2 Å². The number of hydrogen-bond donors (Lipinski definition) is 1. The summed E-state index contributed by atoms with van der Waals surface area (Å²) in [6.45, 7) is 0. The summed E-state index contributed by atoms with van der Waals surface area (Å²) in [5.74, 6) is 0.131. The molecule has 0 fully saturated rings. The summed E-state index contributed by atoms with van der Waals surface area (Å²) in [5, 5.41) is 12.7. The molecular formula is C18H14ClFN4OS3. The maximum absolute atomic E-state index is 13.4. The predicted octanol–water partition coefficient (Wildman–Crippen LogP) is 4.87. The fourth-order valence-electron chi connectivity index (χ4n) is 1.98. The van der Waals surface area contributed by atoms with E-state index in [9.17, 15) is 9.18 Å². The van der Waals surface area contributed by atoms with Crippen molar-refractivity contribution in [2.45, 2.75) is 14.4 Å². The van der Waals surface area contributed by atoms with E-state index in [4.69, 9.17) is 11.6 Å². The molecule has 3 aromatic rings. The van der Waals surface area contributed by atoms with Gasteiger partial charge in [0.1, 0.15) is 5.82 Å². The number of nitrogens with one attached hydrogen (secondary N) is 1. The van der Waals surface area contributed by atoms with Crippen molar-refractivity contribution in [2.24, 2.45) is 5.10 Å². The highest BCUT2D eigenvalue weighted by Crippen LogP contribution is 2.32. The molecule has 1 aromatic heterocycles. The molecule has 0 aliphatic heterocycles. The van der Waals surface area contributed by atoms with Crippen molar-refractivity contribution in [1.82, 2.24) is 15.6 Å². The van der Waals surface area contributed by atoms with E-state index in [1.165, 1.54) is 35.4 Å². The summed E-state index contributed by atoms with van der Waals surface area (Å²) < 4.78 is 14.9. The minimum atomic E-state index is -0.398. The van der Waals surface area contributed by atoms with Gasteiger partial charge >= 0.3 is 0 Å². The molecule has 0 saturated carbocycles. The molecule has 0 radical (unpaired) electrons. The minimum Gasteiger partial charge on any atom is -0.272 e. The highest BCUT2D eigenvalue weighted by molar-refractivity contribution is 8.03. The van der Waals surface area contributed by atoms with E-state index in [0.29, 0.717) is 15.7 Å². The zero-order valence-electron chi connectivity index (χ0n) is 14.3. The Bertz CT molecular complexity index is 983. The standard InChI is InChI=1S/C18H14ClFN4OS3/c19-14-7-3-1-6-13(14)10-26-17-23-24-18(28-17)27-11-16(25)22-21-9-12-5-2-4-8-15(12)20/h1-9H,10-11H2,(H,22,25). The fourth-order valence-corrected chi connectivity index (χ4v) is 5.08. The van der Waals surface area contributed by atoms with Crippen LogP contribution in [0.15, 0.2) is 62.3 Å². The molecule has 1 N–H and O–H groups in total. The number of thioether (sulfide) groups is 2. The summed E-state index contributed by atoms with van der Waals surface area (Å²) in [5.41, 5.74) is 3.71. The molecule has 10 heteroatoms. The van der Waals surface area contributed by atoms with Crippen LogP contribution < -0.4 is 5.43 Å². The Hall–Kier alpha value is -1.94. The number of carbonyl (C=O) groups excluding carboxylic acids is 1. The maximum Gasteiger partial charge on any atom is 0.250 e. The van der Waals surface area contributed by atoms with Gasteiger partial charge in [-0.3, -0.25) is 4.79 Å². The summed E-state index contributed by atoms with van der Waals surface area (Å²) in [4.78, 5) is 11.8. The van der Waals surface area contributed by atoms with E-state index in [0.717, 1.165) is 14.9 Å². The number of aromatic nitrogens is 2. The van der Waals surface area contributed by atoms with Crippen molar-refractivity contribution >= 4 is 58.6 Å². The van der Waals surface area contributed by atoms with Crippen molar-refractivity contribution in [2.75, 3.05) is 5.75 Å². The van der Waals surface area contributed by atoms with E-state index >= 15 is 0 Å². The number of rotatable bonds is 8. The van der Waals surface area contributed by atoms with Crippen LogP contribution in [-0.4, -0.2) is 28.1 Å². The quantitative estimate of drug-likeness (QED) is 0.300. The third-order valence-electron chi connectivity index (χ3n) is 3.32. The number of halogens is 2. The first-order chi connectivity index (χ1) is 13.6. The third-order valence-corrected chi connectivity index (χ3v) is 6.93. The molecule has 0 aliphatic rings. The van der Waals surface area contributed by atoms with Gasteiger partial charge in [0.2, 0.25) is 0 Å². The van der Waals surface area contributed by atoms with Gasteiger partial charge in [-0.05, 0) is 17.7 Å². The molecule has 0 atom stereocenters. The molecule has 5 nitrogen and oxygen atoms in total. The van der Waals surface area contributed by atoms with Gasteiger partial charge in [0.15, 0.2) is 8.68 Å². The molecule has 0 aliphatic carbocycles. The average molecular weight is 453 g/mol. The van der Waals surface area contributed by atoms with Crippen LogP contribution in [0.1, 0.15) is 11.1 Å². The highest BCUT2D eigenvalue weighted by Gasteiger charge is 2.09. The summed E-state index contributed by atoms with van der Waals surface area (Å²) in [6, 6.07) is 13.8. The van der Waals surface area contributed by atoms with Crippen LogP contribution in [0, 0.1) is 5.82 Å². The van der Waals surface area contributed by atoms with E-state index in [1.54, 1.807) is 30.0 Å². The number of benzene rings is 2. The van der Waals surface area contributed by atoms with E-state index < -0.39 is 5.82 Å². The zero-order chi connectivity index (χ0) is 19.8. The lowest BCUT2D eigenvalue weighted by atomic mass is 10.2. The van der Waals surface area contributed by atoms with E-state index in [1.807, 2.05) is 24.3 Å². The van der Waals surface area contributed by atoms with Crippen molar-refractivity contribution in [1.29, 1.82) is 0 Å². The van der Waals surface area contributed by atoms with Gasteiger partial charge in [-0.25, -0.2) is 9.82 Å². The molecule has 0 spiro atoms. The second-order valence-corrected chi connectivity index (χ2v) is 9.15. The van der Waals surface area contributed by atoms with Gasteiger partial charge in [-0.2, -0.15) is 5.10 Å². The molecule has 1 amide bonds. The van der Waals surface area contributed by atoms with Crippen LogP contribution in [0.3, 0.4) is 0 Å². The van der Waals surface area contributed by atoms with Crippen molar-refractivity contribution < 1.29 is 9.18 Å². The Kier molecular flexibility index (Phi) is 7.84. The normalized spacial score (nSPS) is 11.1. The lowest BCUT2D eigenvalue weighted by Crippen LogP contribution is -2.19. The number of carbonyl (C=O) groups is 1. The molecule has 0 bridgehead atoms. The number of nitrogens with zero attached hydrogens (tertiary/aromatic N) is 3. The molecule has 1 heterocycles. The van der Waals surface area contributed by atoms with Crippen molar-refractivity contribution in [3.63, 3.8) is 0 Å². The number of hydrogen-bond acceptors (Lipinski definition) is 7. The SMILES string of the molecule is O=C(CSc1nnc(SCc2ccccc2Cl)s1)NN=Cc1ccccc1F. The Morgan fingerprint density at radius 1 is 1.14 bits per heavy atom. The molecule has 28 heavy (non-hydrogen) atoms. The lowest BCUT2D eigenvalue weighted by Gasteiger charge is -2.00. The van der Waals surface area contributed by atoms with Crippen LogP contribution in [0.2, 0.25) is 5.02 Å². The van der Waals surface area contributed by atoms with Crippen molar-refractivity contribution in [3.8, 4) is 0 Å². The summed E-state index contributed by atoms with van der Waals surface area (Å²) in [7, 11) is 0. The molecular weight excluding hydrogens is 439 g/mol. The largest absolute Gasteiger partial charge is 0.272 e. The first kappa shape index (κ1) is 20.8. The number of hydrazone groups is 1. The van der Waals surface area contributed by atoms with Crippen LogP contribution in [0.5, 0.6) is 0 Å². The third kappa shape index (κ3) is 6.30. The molecule has 3 rings (SSSR count). The second-order valence-electron chi connectivity index (χ2n) is 5.32. The van der Waals surface area contributed by atoms with Gasteiger partial charge < -0.3 is 0 Å². The predicted molar refractivity (Wildman–Crippen MR) is 114 cm³/mol. The first-order valence-electron chi connectivity index (χ1n) is 8.01. The van der Waals surface area contributed by atoms with Gasteiger partial charge in [0.25, 0.3) is 5.91 Å². The van der Waals surface area contributed by atoms with Crippen LogP contribution >= 0.6 is 46.5 Å². The average Bonchev–Trinajstić information content (AvgIpc) is 3.15. The Morgan fingerprint density at radius 3 is 2.64 bits per heavy atom. The Balaban J connectivity index is 1.43. The highest BCUT2D eigenvalue weighted by atomic mass is 35.5. The topological polar surface area (TPSA) is 67.2 Å². The van der Waals surface area contributed by atoms with Gasteiger partial charge in [0.05, 0.1) is 12.0 Å². The first-order valence-corrected chi connectivity index (χ1v) is 11.2. The Labute approximate surface area is 178 Å². The maximum atomic E-state index is 13.4. The van der Waals surface area contributed by atoms with E-state index in [-0.39, 0.29) is 11.7 Å². The van der Waals surface area contributed by atoms with Gasteiger partial charge in [0, 0.05) is 16.3 Å². The summed E-state index contributed by atoms with van der Waals surface area (Å²) in [6.07, 6.45) is 1.27. The summed E-state index contributed by atoms with van der Waals surface area (Å²) >= 11 is 10.4. The van der Waals surface area contributed by atoms with Crippen LogP contribution in [0.25, 0.3) is 0 Å². The zero-order valence-corrected chi connectivity index (χ0v) is 17.5. The van der Waals surface area contributed by atoms with Crippen LogP contribution in [0.4, 0.5) is 4.39 Å². The molecule has 0 saturated heterocycles. The van der Waals surface area contributed by atoms with Crippen LogP contribution in [-0.2, 0) is 10.5 Å². The minimum absolute atomic E-state index is 0.137. The molecule has 2 aromatic carbocycles. The fraction of sp³-hybridized carbons (Fsp3) is 0.111. The molecule has 0 unspecified atom stereocenters. The van der Waals surface area contributed by atoms with Crippen molar-refractivity contribution in [3.05, 3.63) is 70.5 Å². The van der Waals surface area contributed by atoms with E-state index in [2.05, 4.69) is 20.7 Å². The smallest absolute Gasteiger partial charge is 0.250 e. The monoisotopic (exact) mass is 452 g/mol. The second kappa shape index (κ2) is 10.6.